The molecular weight excluding hydrogens is 277 g/mol. The van der Waals surface area contributed by atoms with Gasteiger partial charge in [-0.05, 0) is 12.3 Å². The van der Waals surface area contributed by atoms with Gasteiger partial charge in [-0.2, -0.15) is 0 Å². The summed E-state index contributed by atoms with van der Waals surface area (Å²) in [7, 11) is 0. The Labute approximate surface area is 113 Å². The van der Waals surface area contributed by atoms with Gasteiger partial charge in [-0.15, -0.1) is 22.0 Å². The van der Waals surface area contributed by atoms with Crippen LogP contribution in [-0.4, -0.2) is 16.5 Å². The first-order valence-corrected chi connectivity index (χ1v) is 6.73. The van der Waals surface area contributed by atoms with E-state index in [9.17, 15) is 0 Å². The maximum atomic E-state index is 6.13. The molecule has 0 radical (unpaired) electrons. The number of nitrogens with zero attached hydrogens (tertiary/aromatic N) is 2. The summed E-state index contributed by atoms with van der Waals surface area (Å²) in [5.74, 6) is 0. The van der Waals surface area contributed by atoms with E-state index in [4.69, 9.17) is 28.9 Å². The SMILES string of the molecule is CSc1c(Cl)cccc1-c1nnc(Cl)cc1N. The predicted octanol–water partition coefficient (Wildman–Crippen LogP) is 3.75. The van der Waals surface area contributed by atoms with Crippen molar-refractivity contribution < 1.29 is 0 Å². The molecule has 2 aromatic rings. The number of nitrogen functional groups attached to an aromatic ring is 1. The van der Waals surface area contributed by atoms with Gasteiger partial charge in [0.15, 0.2) is 5.15 Å². The molecule has 0 saturated heterocycles. The van der Waals surface area contributed by atoms with Crippen LogP contribution in [-0.2, 0) is 0 Å². The molecule has 0 spiro atoms. The van der Waals surface area contributed by atoms with E-state index in [0.717, 1.165) is 10.5 Å². The second-order valence-corrected chi connectivity index (χ2v) is 4.90. The Morgan fingerprint density at radius 1 is 1.24 bits per heavy atom. The number of anilines is 1. The fraction of sp³-hybridized carbons (Fsp3) is 0.0909. The minimum Gasteiger partial charge on any atom is -0.397 e. The number of hydrogen-bond acceptors (Lipinski definition) is 4. The molecule has 2 rings (SSSR count). The number of aromatic nitrogens is 2. The van der Waals surface area contributed by atoms with Crippen LogP contribution in [0.1, 0.15) is 0 Å². The van der Waals surface area contributed by atoms with Gasteiger partial charge in [-0.3, -0.25) is 0 Å². The van der Waals surface area contributed by atoms with Crippen LogP contribution in [0.3, 0.4) is 0 Å². The van der Waals surface area contributed by atoms with E-state index in [1.54, 1.807) is 17.8 Å². The molecule has 0 unspecified atom stereocenters. The highest BCUT2D eigenvalue weighted by Crippen LogP contribution is 2.36. The topological polar surface area (TPSA) is 51.8 Å². The van der Waals surface area contributed by atoms with E-state index in [-0.39, 0.29) is 5.15 Å². The van der Waals surface area contributed by atoms with Crippen LogP contribution in [0.4, 0.5) is 5.69 Å². The Morgan fingerprint density at radius 2 is 2.00 bits per heavy atom. The van der Waals surface area contributed by atoms with Crippen LogP contribution in [0.2, 0.25) is 10.2 Å². The van der Waals surface area contributed by atoms with Gasteiger partial charge in [0, 0.05) is 16.5 Å². The molecule has 0 aliphatic rings. The average Bonchev–Trinajstić information content (AvgIpc) is 2.29. The summed E-state index contributed by atoms with van der Waals surface area (Å²) < 4.78 is 0. The lowest BCUT2D eigenvalue weighted by Gasteiger charge is -2.09. The third-order valence-electron chi connectivity index (χ3n) is 2.22. The normalized spacial score (nSPS) is 10.5. The van der Waals surface area contributed by atoms with Crippen molar-refractivity contribution in [3.8, 4) is 11.3 Å². The summed E-state index contributed by atoms with van der Waals surface area (Å²) >= 11 is 13.4. The van der Waals surface area contributed by atoms with Gasteiger partial charge in [-0.1, -0.05) is 35.3 Å². The Bertz CT molecular complexity index is 560. The van der Waals surface area contributed by atoms with Crippen LogP contribution in [0, 0.1) is 0 Å². The zero-order valence-corrected chi connectivity index (χ0v) is 11.3. The molecule has 2 N–H and O–H groups in total. The lowest BCUT2D eigenvalue weighted by atomic mass is 10.1. The first-order chi connectivity index (χ1) is 8.13. The van der Waals surface area contributed by atoms with Crippen molar-refractivity contribution in [1.29, 1.82) is 0 Å². The zero-order chi connectivity index (χ0) is 12.4. The lowest BCUT2D eigenvalue weighted by Crippen LogP contribution is -1.97. The maximum Gasteiger partial charge on any atom is 0.153 e. The summed E-state index contributed by atoms with van der Waals surface area (Å²) in [4.78, 5) is 0.928. The van der Waals surface area contributed by atoms with E-state index in [0.29, 0.717) is 16.4 Å². The molecule has 0 saturated carbocycles. The van der Waals surface area contributed by atoms with E-state index in [2.05, 4.69) is 10.2 Å². The molecule has 0 atom stereocenters. The van der Waals surface area contributed by atoms with Crippen LogP contribution < -0.4 is 5.73 Å². The summed E-state index contributed by atoms with van der Waals surface area (Å²) in [6.45, 7) is 0. The third kappa shape index (κ3) is 2.49. The molecule has 17 heavy (non-hydrogen) atoms. The number of nitrogens with two attached hydrogens (primary N) is 1. The second-order valence-electron chi connectivity index (χ2n) is 3.29. The molecule has 0 bridgehead atoms. The smallest absolute Gasteiger partial charge is 0.153 e. The molecule has 1 aromatic carbocycles. The molecular formula is C11H9Cl2N3S. The van der Waals surface area contributed by atoms with E-state index in [1.807, 2.05) is 24.5 Å². The summed E-state index contributed by atoms with van der Waals surface area (Å²) in [6.07, 6.45) is 1.95. The highest BCUT2D eigenvalue weighted by atomic mass is 35.5. The monoisotopic (exact) mass is 285 g/mol. The van der Waals surface area contributed by atoms with Gasteiger partial charge >= 0.3 is 0 Å². The van der Waals surface area contributed by atoms with Gasteiger partial charge in [0.25, 0.3) is 0 Å². The predicted molar refractivity (Wildman–Crippen MR) is 73.7 cm³/mol. The van der Waals surface area contributed by atoms with Crippen molar-refractivity contribution in [1.82, 2.24) is 10.2 Å². The van der Waals surface area contributed by atoms with E-state index in [1.165, 1.54) is 0 Å². The molecule has 0 aliphatic heterocycles. The van der Waals surface area contributed by atoms with Crippen molar-refractivity contribution in [2.24, 2.45) is 0 Å². The number of hydrogen-bond donors (Lipinski definition) is 1. The van der Waals surface area contributed by atoms with Crippen molar-refractivity contribution in [3.05, 3.63) is 34.4 Å². The number of rotatable bonds is 2. The standard InChI is InChI=1S/C11H9Cl2N3S/c1-17-11-6(3-2-4-7(11)12)10-8(14)5-9(13)15-16-10/h2-5H,1H3,(H2,14,15). The fourth-order valence-electron chi connectivity index (χ4n) is 1.49. The van der Waals surface area contributed by atoms with Gasteiger partial charge in [0.2, 0.25) is 0 Å². The lowest BCUT2D eigenvalue weighted by molar-refractivity contribution is 1.04. The molecule has 0 amide bonds. The summed E-state index contributed by atoms with van der Waals surface area (Å²) in [6, 6.07) is 7.17. The number of halogens is 2. The summed E-state index contributed by atoms with van der Waals surface area (Å²) in [5, 5.41) is 8.77. The Hall–Kier alpha value is -0.970. The molecule has 0 fully saturated rings. The number of thioether (sulfide) groups is 1. The molecule has 1 aromatic heterocycles. The van der Waals surface area contributed by atoms with E-state index >= 15 is 0 Å². The van der Waals surface area contributed by atoms with Crippen LogP contribution in [0.15, 0.2) is 29.2 Å². The van der Waals surface area contributed by atoms with Crippen molar-refractivity contribution in [3.63, 3.8) is 0 Å². The Morgan fingerprint density at radius 3 is 2.65 bits per heavy atom. The Kier molecular flexibility index (Phi) is 3.76. The first-order valence-electron chi connectivity index (χ1n) is 4.75. The van der Waals surface area contributed by atoms with Crippen LogP contribution >= 0.6 is 35.0 Å². The fourth-order valence-corrected chi connectivity index (χ4v) is 2.70. The number of benzene rings is 1. The quantitative estimate of drug-likeness (QED) is 0.854. The molecule has 0 aliphatic carbocycles. The molecule has 6 heteroatoms. The van der Waals surface area contributed by atoms with Gasteiger partial charge in [-0.25, -0.2) is 0 Å². The van der Waals surface area contributed by atoms with Crippen molar-refractivity contribution >= 4 is 40.7 Å². The minimum atomic E-state index is 0.277. The Balaban J connectivity index is 2.64. The molecule has 88 valence electrons. The average molecular weight is 286 g/mol. The van der Waals surface area contributed by atoms with Crippen molar-refractivity contribution in [2.45, 2.75) is 4.90 Å². The zero-order valence-electron chi connectivity index (χ0n) is 8.95. The first kappa shape index (κ1) is 12.5. The van der Waals surface area contributed by atoms with Gasteiger partial charge in [0.1, 0.15) is 5.69 Å². The highest BCUT2D eigenvalue weighted by molar-refractivity contribution is 7.98. The molecule has 3 nitrogen and oxygen atoms in total. The summed E-state index contributed by atoms with van der Waals surface area (Å²) in [5.41, 5.74) is 7.84. The van der Waals surface area contributed by atoms with E-state index < -0.39 is 0 Å². The van der Waals surface area contributed by atoms with Crippen LogP contribution in [0.5, 0.6) is 0 Å². The largest absolute Gasteiger partial charge is 0.397 e. The van der Waals surface area contributed by atoms with Gasteiger partial charge < -0.3 is 5.73 Å². The minimum absolute atomic E-state index is 0.277. The second kappa shape index (κ2) is 5.12. The highest BCUT2D eigenvalue weighted by Gasteiger charge is 2.12. The van der Waals surface area contributed by atoms with Crippen LogP contribution in [0.25, 0.3) is 11.3 Å². The van der Waals surface area contributed by atoms with Crippen molar-refractivity contribution in [2.75, 3.05) is 12.0 Å². The third-order valence-corrected chi connectivity index (χ3v) is 3.68. The maximum absolute atomic E-state index is 6.13. The van der Waals surface area contributed by atoms with Gasteiger partial charge in [0.05, 0.1) is 10.7 Å². The molecule has 1 heterocycles.